The van der Waals surface area contributed by atoms with Crippen LogP contribution in [0.3, 0.4) is 0 Å². The number of hydrogen-bond acceptors (Lipinski definition) is 3. The smallest absolute Gasteiger partial charge is 0.151 e. The Hall–Kier alpha value is -0.900. The van der Waals surface area contributed by atoms with Gasteiger partial charge in [0.25, 0.3) is 0 Å². The van der Waals surface area contributed by atoms with Gasteiger partial charge >= 0.3 is 0 Å². The van der Waals surface area contributed by atoms with E-state index in [1.54, 1.807) is 12.1 Å². The Bertz CT molecular complexity index is 344. The normalized spacial score (nSPS) is 25.4. The zero-order valence-corrected chi connectivity index (χ0v) is 9.99. The summed E-state index contributed by atoms with van der Waals surface area (Å²) in [5.41, 5.74) is 0. The molecular weight excluding hydrogens is 229 g/mol. The van der Waals surface area contributed by atoms with Crippen LogP contribution in [0.25, 0.3) is 0 Å². The highest BCUT2D eigenvalue weighted by Gasteiger charge is 2.28. The van der Waals surface area contributed by atoms with E-state index in [0.29, 0.717) is 17.4 Å². The minimum atomic E-state index is -0.767. The second-order valence-electron chi connectivity index (χ2n) is 4.19. The summed E-state index contributed by atoms with van der Waals surface area (Å²) in [6.45, 7) is 0. The number of rotatable bonds is 2. The van der Waals surface area contributed by atoms with Gasteiger partial charge in [0.1, 0.15) is 6.17 Å². The van der Waals surface area contributed by atoms with Crippen molar-refractivity contribution in [3.05, 3.63) is 17.3 Å². The first-order chi connectivity index (χ1) is 7.68. The zero-order valence-electron chi connectivity index (χ0n) is 9.24. The molecule has 0 radical (unpaired) electrons. The van der Waals surface area contributed by atoms with E-state index in [2.05, 4.69) is 10.2 Å². The van der Waals surface area contributed by atoms with Gasteiger partial charge in [-0.15, -0.1) is 10.2 Å². The molecule has 0 N–H and O–H groups in total. The molecule has 16 heavy (non-hydrogen) atoms. The van der Waals surface area contributed by atoms with Gasteiger partial charge in [0.15, 0.2) is 11.0 Å². The lowest BCUT2D eigenvalue weighted by atomic mass is 9.92. The molecule has 3 nitrogen and oxygen atoms in total. The number of alkyl halides is 1. The standard InChI is InChI=1S/C11H15ClFN3/c1-16(9-5-3-2-4-8(9)13)11-7-6-10(12)14-15-11/h6-9H,2-5H2,1H3/t8-,9+/m1/s1. The average molecular weight is 244 g/mol. The predicted octanol–water partition coefficient (Wildman–Crippen LogP) is 2.85. The van der Waals surface area contributed by atoms with Crippen LogP contribution in [-0.2, 0) is 0 Å². The number of hydrogen-bond donors (Lipinski definition) is 0. The molecule has 0 amide bonds. The first kappa shape index (κ1) is 11.6. The third-order valence-corrected chi connectivity index (χ3v) is 3.33. The summed E-state index contributed by atoms with van der Waals surface area (Å²) in [4.78, 5) is 1.87. The maximum atomic E-state index is 13.7. The summed E-state index contributed by atoms with van der Waals surface area (Å²) in [6, 6.07) is 3.37. The van der Waals surface area contributed by atoms with Gasteiger partial charge in [-0.05, 0) is 25.0 Å². The zero-order chi connectivity index (χ0) is 11.5. The van der Waals surface area contributed by atoms with Crippen molar-refractivity contribution in [3.63, 3.8) is 0 Å². The van der Waals surface area contributed by atoms with Gasteiger partial charge in [-0.3, -0.25) is 0 Å². The summed E-state index contributed by atoms with van der Waals surface area (Å²) in [7, 11) is 1.86. The van der Waals surface area contributed by atoms with Gasteiger partial charge < -0.3 is 4.90 Å². The SMILES string of the molecule is CN(c1ccc(Cl)nn1)[C@H]1CCCC[C@H]1F. The Morgan fingerprint density at radius 1 is 1.31 bits per heavy atom. The Balaban J connectivity index is 2.11. The third kappa shape index (κ3) is 2.43. The first-order valence-electron chi connectivity index (χ1n) is 5.54. The molecule has 0 aromatic carbocycles. The first-order valence-corrected chi connectivity index (χ1v) is 5.92. The van der Waals surface area contributed by atoms with E-state index in [1.165, 1.54) is 0 Å². The topological polar surface area (TPSA) is 29.0 Å². The van der Waals surface area contributed by atoms with E-state index in [0.717, 1.165) is 19.3 Å². The molecule has 1 aromatic rings. The number of halogens is 2. The largest absolute Gasteiger partial charge is 0.352 e. The quantitative estimate of drug-likeness (QED) is 0.800. The molecule has 5 heteroatoms. The van der Waals surface area contributed by atoms with Gasteiger partial charge in [0.2, 0.25) is 0 Å². The van der Waals surface area contributed by atoms with Crippen molar-refractivity contribution in [2.24, 2.45) is 0 Å². The van der Waals surface area contributed by atoms with Crippen LogP contribution in [0, 0.1) is 0 Å². The minimum Gasteiger partial charge on any atom is -0.352 e. The number of anilines is 1. The Labute approximate surface area is 99.6 Å². The Morgan fingerprint density at radius 3 is 2.69 bits per heavy atom. The molecule has 0 bridgehead atoms. The summed E-state index contributed by atoms with van der Waals surface area (Å²) in [6.07, 6.45) is 2.82. The average Bonchev–Trinajstić information content (AvgIpc) is 2.30. The van der Waals surface area contributed by atoms with E-state index in [-0.39, 0.29) is 6.04 Å². The van der Waals surface area contributed by atoms with Crippen molar-refractivity contribution in [1.29, 1.82) is 0 Å². The molecule has 2 atom stereocenters. The summed E-state index contributed by atoms with van der Waals surface area (Å²) >= 11 is 5.66. The van der Waals surface area contributed by atoms with E-state index in [4.69, 9.17) is 11.6 Å². The third-order valence-electron chi connectivity index (χ3n) is 3.12. The lowest BCUT2D eigenvalue weighted by Gasteiger charge is -2.34. The maximum Gasteiger partial charge on any atom is 0.151 e. The van der Waals surface area contributed by atoms with Crippen molar-refractivity contribution >= 4 is 17.4 Å². The molecule has 88 valence electrons. The summed E-state index contributed by atoms with van der Waals surface area (Å²) in [5, 5.41) is 8.10. The van der Waals surface area contributed by atoms with Crippen LogP contribution >= 0.6 is 11.6 Å². The van der Waals surface area contributed by atoms with Crippen LogP contribution in [-0.4, -0.2) is 29.5 Å². The van der Waals surface area contributed by atoms with Crippen molar-refractivity contribution in [1.82, 2.24) is 10.2 Å². The fourth-order valence-electron chi connectivity index (χ4n) is 2.17. The maximum absolute atomic E-state index is 13.7. The fraction of sp³-hybridized carbons (Fsp3) is 0.636. The van der Waals surface area contributed by atoms with Crippen LogP contribution in [0.15, 0.2) is 12.1 Å². The molecule has 0 spiro atoms. The van der Waals surface area contributed by atoms with Gasteiger partial charge in [-0.25, -0.2) is 4.39 Å². The molecule has 1 aliphatic rings. The van der Waals surface area contributed by atoms with Gasteiger partial charge in [0, 0.05) is 7.05 Å². The highest BCUT2D eigenvalue weighted by atomic mass is 35.5. The predicted molar refractivity (Wildman–Crippen MR) is 62.6 cm³/mol. The summed E-state index contributed by atoms with van der Waals surface area (Å²) < 4.78 is 13.7. The second kappa shape index (κ2) is 4.95. The molecule has 0 saturated heterocycles. The van der Waals surface area contributed by atoms with E-state index < -0.39 is 6.17 Å². The molecule has 1 heterocycles. The van der Waals surface area contributed by atoms with Crippen LogP contribution in [0.2, 0.25) is 5.15 Å². The molecule has 0 aliphatic heterocycles. The highest BCUT2D eigenvalue weighted by Crippen LogP contribution is 2.27. The molecule has 2 rings (SSSR count). The molecular formula is C11H15ClFN3. The van der Waals surface area contributed by atoms with E-state index in [1.807, 2.05) is 11.9 Å². The van der Waals surface area contributed by atoms with Crippen LogP contribution in [0.1, 0.15) is 25.7 Å². The van der Waals surface area contributed by atoms with E-state index >= 15 is 0 Å². The van der Waals surface area contributed by atoms with Gasteiger partial charge in [0.05, 0.1) is 6.04 Å². The summed E-state index contributed by atoms with van der Waals surface area (Å²) in [5.74, 6) is 0.680. The molecule has 0 unspecified atom stereocenters. The van der Waals surface area contributed by atoms with Gasteiger partial charge in [-0.2, -0.15) is 0 Å². The van der Waals surface area contributed by atoms with Gasteiger partial charge in [-0.1, -0.05) is 24.4 Å². The van der Waals surface area contributed by atoms with Crippen molar-refractivity contribution in [2.75, 3.05) is 11.9 Å². The molecule has 1 aromatic heterocycles. The monoisotopic (exact) mass is 243 g/mol. The van der Waals surface area contributed by atoms with Crippen molar-refractivity contribution in [3.8, 4) is 0 Å². The number of aromatic nitrogens is 2. The fourth-order valence-corrected chi connectivity index (χ4v) is 2.27. The lowest BCUT2D eigenvalue weighted by molar-refractivity contribution is 0.213. The molecule has 1 saturated carbocycles. The van der Waals surface area contributed by atoms with E-state index in [9.17, 15) is 4.39 Å². The molecule has 1 fully saturated rings. The molecule has 1 aliphatic carbocycles. The Morgan fingerprint density at radius 2 is 2.06 bits per heavy atom. The number of nitrogens with zero attached hydrogens (tertiary/aromatic N) is 3. The minimum absolute atomic E-state index is 0.0794. The van der Waals surface area contributed by atoms with Crippen LogP contribution < -0.4 is 4.90 Å². The van der Waals surface area contributed by atoms with Crippen molar-refractivity contribution < 1.29 is 4.39 Å². The Kier molecular flexibility index (Phi) is 3.59. The van der Waals surface area contributed by atoms with Crippen LogP contribution in [0.5, 0.6) is 0 Å². The van der Waals surface area contributed by atoms with Crippen LogP contribution in [0.4, 0.5) is 10.2 Å². The highest BCUT2D eigenvalue weighted by molar-refractivity contribution is 6.29. The second-order valence-corrected chi connectivity index (χ2v) is 4.58. The lowest BCUT2D eigenvalue weighted by Crippen LogP contribution is -2.41. The van der Waals surface area contributed by atoms with Crippen molar-refractivity contribution in [2.45, 2.75) is 37.9 Å².